The first kappa shape index (κ1) is 14.4. The number of carbonyl (C=O) groups is 2. The average molecular weight is 244 g/mol. The molecule has 4 nitrogen and oxygen atoms in total. The maximum absolute atomic E-state index is 12.4. The number of halogens is 4. The molecule has 16 heavy (non-hydrogen) atoms. The van der Waals surface area contributed by atoms with Gasteiger partial charge in [0.1, 0.15) is 12.4 Å². The zero-order valence-corrected chi connectivity index (χ0v) is 8.14. The molecule has 0 saturated heterocycles. The second-order valence-corrected chi connectivity index (χ2v) is 2.43. The Morgan fingerprint density at radius 3 is 2.12 bits per heavy atom. The minimum atomic E-state index is -4.85. The first-order valence-corrected chi connectivity index (χ1v) is 4.04. The second-order valence-electron chi connectivity index (χ2n) is 2.43. The fourth-order valence-electron chi connectivity index (χ4n) is 0.603. The Labute approximate surface area is 87.8 Å². The predicted molar refractivity (Wildman–Crippen MR) is 42.8 cm³/mol. The monoisotopic (exact) mass is 244 g/mol. The standard InChI is InChI=1S/C8H8F4O4/c1-2-15-6(13)7(14)16-4-5(9)3-8(10,11)12/h3H,2,4H2,1H3/b5-3-. The minimum Gasteiger partial charge on any atom is -0.458 e. The summed E-state index contributed by atoms with van der Waals surface area (Å²) >= 11 is 0. The molecule has 0 aliphatic carbocycles. The summed E-state index contributed by atoms with van der Waals surface area (Å²) in [6.07, 6.45) is -5.52. The van der Waals surface area contributed by atoms with Crippen LogP contribution in [0.5, 0.6) is 0 Å². The van der Waals surface area contributed by atoms with Crippen molar-refractivity contribution in [2.75, 3.05) is 13.2 Å². The van der Waals surface area contributed by atoms with Crippen LogP contribution in [0, 0.1) is 0 Å². The lowest BCUT2D eigenvalue weighted by Gasteiger charge is -2.03. The molecule has 0 aliphatic rings. The van der Waals surface area contributed by atoms with Crippen LogP contribution in [0.2, 0.25) is 0 Å². The molecule has 8 heteroatoms. The number of alkyl halides is 3. The summed E-state index contributed by atoms with van der Waals surface area (Å²) in [5.74, 6) is -4.65. The van der Waals surface area contributed by atoms with Gasteiger partial charge in [0, 0.05) is 0 Å². The van der Waals surface area contributed by atoms with Crippen molar-refractivity contribution in [3.8, 4) is 0 Å². The Hall–Kier alpha value is -1.60. The fourth-order valence-corrected chi connectivity index (χ4v) is 0.603. The molecule has 0 amide bonds. The second kappa shape index (κ2) is 6.09. The van der Waals surface area contributed by atoms with E-state index in [1.807, 2.05) is 0 Å². The Balaban J connectivity index is 4.11. The van der Waals surface area contributed by atoms with Crippen molar-refractivity contribution >= 4 is 11.9 Å². The number of rotatable bonds is 3. The van der Waals surface area contributed by atoms with Crippen LogP contribution in [-0.4, -0.2) is 31.3 Å². The SMILES string of the molecule is CCOC(=O)C(=O)OC/C(F)=C/C(F)(F)F. The van der Waals surface area contributed by atoms with Gasteiger partial charge in [0.05, 0.1) is 12.7 Å². The number of carbonyl (C=O) groups excluding carboxylic acids is 2. The average Bonchev–Trinajstić information content (AvgIpc) is 2.11. The van der Waals surface area contributed by atoms with E-state index in [4.69, 9.17) is 0 Å². The molecular weight excluding hydrogens is 236 g/mol. The Morgan fingerprint density at radius 1 is 1.19 bits per heavy atom. The lowest BCUT2D eigenvalue weighted by molar-refractivity contribution is -0.167. The molecular formula is C8H8F4O4. The topological polar surface area (TPSA) is 52.6 Å². The van der Waals surface area contributed by atoms with Gasteiger partial charge in [0.25, 0.3) is 0 Å². The fraction of sp³-hybridized carbons (Fsp3) is 0.500. The van der Waals surface area contributed by atoms with Gasteiger partial charge in [0.2, 0.25) is 0 Å². The van der Waals surface area contributed by atoms with E-state index >= 15 is 0 Å². The third-order valence-electron chi connectivity index (χ3n) is 1.10. The summed E-state index contributed by atoms with van der Waals surface area (Å²) < 4.78 is 55.2. The van der Waals surface area contributed by atoms with Gasteiger partial charge in [-0.2, -0.15) is 13.2 Å². The van der Waals surface area contributed by atoms with Crippen molar-refractivity contribution < 1.29 is 36.6 Å². The highest BCUT2D eigenvalue weighted by Crippen LogP contribution is 2.19. The van der Waals surface area contributed by atoms with Crippen LogP contribution in [0.1, 0.15) is 6.92 Å². The van der Waals surface area contributed by atoms with Crippen molar-refractivity contribution in [3.63, 3.8) is 0 Å². The van der Waals surface area contributed by atoms with E-state index in [0.29, 0.717) is 0 Å². The van der Waals surface area contributed by atoms with E-state index < -0.39 is 36.6 Å². The van der Waals surface area contributed by atoms with Crippen LogP contribution in [0.4, 0.5) is 17.6 Å². The van der Waals surface area contributed by atoms with Gasteiger partial charge in [0.15, 0.2) is 0 Å². The van der Waals surface area contributed by atoms with Crippen LogP contribution in [0.3, 0.4) is 0 Å². The van der Waals surface area contributed by atoms with E-state index in [1.54, 1.807) is 0 Å². The Kier molecular flexibility index (Phi) is 5.48. The predicted octanol–water partition coefficient (Wildman–Crippen LogP) is 1.51. The number of ether oxygens (including phenoxy) is 2. The smallest absolute Gasteiger partial charge is 0.417 e. The maximum atomic E-state index is 12.4. The molecule has 92 valence electrons. The highest BCUT2D eigenvalue weighted by Gasteiger charge is 2.26. The molecule has 0 radical (unpaired) electrons. The highest BCUT2D eigenvalue weighted by atomic mass is 19.4. The Bertz CT molecular complexity index is 295. The van der Waals surface area contributed by atoms with Crippen molar-refractivity contribution in [1.29, 1.82) is 0 Å². The molecule has 0 aromatic carbocycles. The lowest BCUT2D eigenvalue weighted by atomic mass is 10.5. The van der Waals surface area contributed by atoms with Crippen molar-refractivity contribution in [3.05, 3.63) is 11.9 Å². The summed E-state index contributed by atoms with van der Waals surface area (Å²) in [6, 6.07) is 0. The van der Waals surface area contributed by atoms with Crippen LogP contribution in [-0.2, 0) is 19.1 Å². The van der Waals surface area contributed by atoms with Gasteiger partial charge in [-0.15, -0.1) is 0 Å². The van der Waals surface area contributed by atoms with Gasteiger partial charge in [-0.25, -0.2) is 14.0 Å². The quantitative estimate of drug-likeness (QED) is 0.429. The largest absolute Gasteiger partial charge is 0.458 e. The number of esters is 2. The van der Waals surface area contributed by atoms with Crippen LogP contribution in [0.15, 0.2) is 11.9 Å². The van der Waals surface area contributed by atoms with Crippen LogP contribution in [0.25, 0.3) is 0 Å². The molecule has 0 rings (SSSR count). The molecule has 0 heterocycles. The number of hydrogen-bond donors (Lipinski definition) is 0. The van der Waals surface area contributed by atoms with Gasteiger partial charge >= 0.3 is 18.1 Å². The molecule has 0 N–H and O–H groups in total. The summed E-state index contributed by atoms with van der Waals surface area (Å²) in [4.78, 5) is 21.2. The van der Waals surface area contributed by atoms with Crippen molar-refractivity contribution in [2.45, 2.75) is 13.1 Å². The summed E-state index contributed by atoms with van der Waals surface area (Å²) in [5.41, 5.74) is 0. The highest BCUT2D eigenvalue weighted by molar-refractivity contribution is 6.29. The summed E-state index contributed by atoms with van der Waals surface area (Å²) in [6.45, 7) is 0.0429. The number of allylic oxidation sites excluding steroid dienone is 1. The van der Waals surface area contributed by atoms with E-state index in [1.165, 1.54) is 6.92 Å². The van der Waals surface area contributed by atoms with E-state index in [-0.39, 0.29) is 6.61 Å². The lowest BCUT2D eigenvalue weighted by Crippen LogP contribution is -2.21. The van der Waals surface area contributed by atoms with E-state index in [9.17, 15) is 27.2 Å². The molecule has 0 atom stereocenters. The maximum Gasteiger partial charge on any atom is 0.417 e. The molecule has 0 unspecified atom stereocenters. The first-order valence-electron chi connectivity index (χ1n) is 4.04. The van der Waals surface area contributed by atoms with Crippen molar-refractivity contribution in [1.82, 2.24) is 0 Å². The number of hydrogen-bond acceptors (Lipinski definition) is 4. The van der Waals surface area contributed by atoms with E-state index in [0.717, 1.165) is 0 Å². The van der Waals surface area contributed by atoms with Gasteiger partial charge in [-0.05, 0) is 6.92 Å². The third-order valence-corrected chi connectivity index (χ3v) is 1.10. The zero-order chi connectivity index (χ0) is 12.8. The molecule has 0 fully saturated rings. The Morgan fingerprint density at radius 2 is 1.69 bits per heavy atom. The third kappa shape index (κ3) is 6.80. The molecule has 0 spiro atoms. The van der Waals surface area contributed by atoms with Gasteiger partial charge in [-0.3, -0.25) is 0 Å². The molecule has 0 aromatic heterocycles. The zero-order valence-electron chi connectivity index (χ0n) is 8.14. The minimum absolute atomic E-state index is 0.102. The van der Waals surface area contributed by atoms with Gasteiger partial charge in [-0.1, -0.05) is 0 Å². The molecule has 0 saturated carbocycles. The van der Waals surface area contributed by atoms with E-state index in [2.05, 4.69) is 9.47 Å². The molecule has 0 aliphatic heterocycles. The summed E-state index contributed by atoms with van der Waals surface area (Å²) in [5, 5.41) is 0. The van der Waals surface area contributed by atoms with Gasteiger partial charge < -0.3 is 9.47 Å². The molecule has 0 bridgehead atoms. The normalized spacial score (nSPS) is 12.2. The van der Waals surface area contributed by atoms with Crippen LogP contribution >= 0.6 is 0 Å². The molecule has 0 aromatic rings. The van der Waals surface area contributed by atoms with Crippen molar-refractivity contribution in [2.24, 2.45) is 0 Å². The van der Waals surface area contributed by atoms with Crippen LogP contribution < -0.4 is 0 Å². The summed E-state index contributed by atoms with van der Waals surface area (Å²) in [7, 11) is 0. The first-order chi connectivity index (χ1) is 7.26.